The molecule has 0 aliphatic carbocycles. The van der Waals surface area contributed by atoms with Crippen molar-refractivity contribution in [1.82, 2.24) is 9.88 Å². The molecule has 0 saturated carbocycles. The molecule has 1 saturated heterocycles. The molecule has 0 N–H and O–H groups in total. The zero-order valence-corrected chi connectivity index (χ0v) is 11.5. The lowest BCUT2D eigenvalue weighted by Gasteiger charge is -2.30. The second kappa shape index (κ2) is 4.89. The van der Waals surface area contributed by atoms with E-state index in [2.05, 4.69) is 4.98 Å². The van der Waals surface area contributed by atoms with Gasteiger partial charge in [0, 0.05) is 32.0 Å². The van der Waals surface area contributed by atoms with Crippen molar-refractivity contribution in [2.24, 2.45) is 0 Å². The molecule has 1 aromatic carbocycles. The molecular formula is C14H15FN2OS. The van der Waals surface area contributed by atoms with Crippen LogP contribution in [0.1, 0.15) is 30.7 Å². The zero-order valence-electron chi connectivity index (χ0n) is 10.7. The second-order valence-corrected chi connectivity index (χ2v) is 6.01. The molecule has 2 aromatic rings. The van der Waals surface area contributed by atoms with Crippen molar-refractivity contribution in [3.05, 3.63) is 29.0 Å². The monoisotopic (exact) mass is 278 g/mol. The fourth-order valence-electron chi connectivity index (χ4n) is 2.53. The third kappa shape index (κ3) is 2.47. The summed E-state index contributed by atoms with van der Waals surface area (Å²) in [4.78, 5) is 17.7. The number of halogens is 1. The molecule has 3 rings (SSSR count). The number of benzene rings is 1. The van der Waals surface area contributed by atoms with Gasteiger partial charge in [0.2, 0.25) is 5.91 Å². The van der Waals surface area contributed by atoms with Crippen molar-refractivity contribution in [3.8, 4) is 0 Å². The topological polar surface area (TPSA) is 33.2 Å². The molecule has 19 heavy (non-hydrogen) atoms. The van der Waals surface area contributed by atoms with Gasteiger partial charge in [0.05, 0.1) is 15.2 Å². The minimum atomic E-state index is -0.240. The van der Waals surface area contributed by atoms with E-state index >= 15 is 0 Å². The Hall–Kier alpha value is -1.49. The van der Waals surface area contributed by atoms with Crippen LogP contribution in [0.15, 0.2) is 18.2 Å². The van der Waals surface area contributed by atoms with Crippen LogP contribution in [0.4, 0.5) is 4.39 Å². The lowest BCUT2D eigenvalue weighted by atomic mass is 9.97. The quantitative estimate of drug-likeness (QED) is 0.802. The van der Waals surface area contributed by atoms with Crippen LogP contribution in [0.25, 0.3) is 10.2 Å². The van der Waals surface area contributed by atoms with Gasteiger partial charge in [-0.2, -0.15) is 0 Å². The predicted molar refractivity (Wildman–Crippen MR) is 73.8 cm³/mol. The van der Waals surface area contributed by atoms with Crippen molar-refractivity contribution >= 4 is 27.5 Å². The summed E-state index contributed by atoms with van der Waals surface area (Å²) in [7, 11) is 0. The number of rotatable bonds is 1. The van der Waals surface area contributed by atoms with E-state index in [9.17, 15) is 9.18 Å². The molecule has 1 aliphatic rings. The highest BCUT2D eigenvalue weighted by molar-refractivity contribution is 7.18. The first-order valence-electron chi connectivity index (χ1n) is 6.45. The highest BCUT2D eigenvalue weighted by Crippen LogP contribution is 2.34. The van der Waals surface area contributed by atoms with E-state index < -0.39 is 0 Å². The molecule has 2 heterocycles. The van der Waals surface area contributed by atoms with Gasteiger partial charge in [0.15, 0.2) is 0 Å². The van der Waals surface area contributed by atoms with Gasteiger partial charge < -0.3 is 4.90 Å². The van der Waals surface area contributed by atoms with Gasteiger partial charge in [-0.25, -0.2) is 9.37 Å². The second-order valence-electron chi connectivity index (χ2n) is 4.94. The maximum atomic E-state index is 13.1. The van der Waals surface area contributed by atoms with Crippen LogP contribution in [-0.2, 0) is 4.79 Å². The number of piperidine rings is 1. The summed E-state index contributed by atoms with van der Waals surface area (Å²) >= 11 is 1.64. The summed E-state index contributed by atoms with van der Waals surface area (Å²) < 4.78 is 14.2. The standard InChI is InChI=1S/C14H15FN2OS/c1-9(18)17-6-4-10(5-7-17)14-16-12-8-11(15)2-3-13(12)19-14/h2-3,8,10H,4-7H2,1H3. The Morgan fingerprint density at radius 1 is 1.42 bits per heavy atom. The maximum Gasteiger partial charge on any atom is 0.219 e. The number of amides is 1. The summed E-state index contributed by atoms with van der Waals surface area (Å²) in [6.07, 6.45) is 1.89. The summed E-state index contributed by atoms with van der Waals surface area (Å²) in [6, 6.07) is 4.75. The van der Waals surface area contributed by atoms with Crippen molar-refractivity contribution in [2.45, 2.75) is 25.7 Å². The van der Waals surface area contributed by atoms with Crippen LogP contribution in [-0.4, -0.2) is 28.9 Å². The molecule has 5 heteroatoms. The van der Waals surface area contributed by atoms with E-state index in [-0.39, 0.29) is 11.7 Å². The van der Waals surface area contributed by atoms with Crippen molar-refractivity contribution in [1.29, 1.82) is 0 Å². The number of nitrogens with zero attached hydrogens (tertiary/aromatic N) is 2. The molecule has 1 fully saturated rings. The predicted octanol–water partition coefficient (Wildman–Crippen LogP) is 3.16. The molecule has 0 unspecified atom stereocenters. The van der Waals surface area contributed by atoms with E-state index in [0.717, 1.165) is 41.2 Å². The first-order valence-corrected chi connectivity index (χ1v) is 7.26. The highest BCUT2D eigenvalue weighted by Gasteiger charge is 2.24. The number of hydrogen-bond donors (Lipinski definition) is 0. The Morgan fingerprint density at radius 3 is 2.84 bits per heavy atom. The lowest BCUT2D eigenvalue weighted by Crippen LogP contribution is -2.36. The normalized spacial score (nSPS) is 17.1. The number of likely N-dealkylation sites (tertiary alicyclic amines) is 1. The Balaban J connectivity index is 1.80. The minimum absolute atomic E-state index is 0.143. The van der Waals surface area contributed by atoms with E-state index in [1.54, 1.807) is 24.3 Å². The van der Waals surface area contributed by atoms with Crippen molar-refractivity contribution in [2.75, 3.05) is 13.1 Å². The van der Waals surface area contributed by atoms with Crippen LogP contribution >= 0.6 is 11.3 Å². The van der Waals surface area contributed by atoms with Gasteiger partial charge in [-0.05, 0) is 25.0 Å². The maximum absolute atomic E-state index is 13.1. The molecule has 100 valence electrons. The zero-order chi connectivity index (χ0) is 13.4. The van der Waals surface area contributed by atoms with Crippen LogP contribution in [0.3, 0.4) is 0 Å². The highest BCUT2D eigenvalue weighted by atomic mass is 32.1. The van der Waals surface area contributed by atoms with Gasteiger partial charge >= 0.3 is 0 Å². The average molecular weight is 278 g/mol. The number of fused-ring (bicyclic) bond motifs is 1. The first-order chi connectivity index (χ1) is 9.13. The van der Waals surface area contributed by atoms with Gasteiger partial charge in [0.1, 0.15) is 5.82 Å². The van der Waals surface area contributed by atoms with Gasteiger partial charge in [0.25, 0.3) is 0 Å². The molecular weight excluding hydrogens is 263 g/mol. The first kappa shape index (κ1) is 12.5. The fourth-order valence-corrected chi connectivity index (χ4v) is 3.65. The largest absolute Gasteiger partial charge is 0.343 e. The van der Waals surface area contributed by atoms with Gasteiger partial charge in [-0.3, -0.25) is 4.79 Å². The van der Waals surface area contributed by atoms with Crippen LogP contribution in [0.2, 0.25) is 0 Å². The van der Waals surface area contributed by atoms with E-state index in [0.29, 0.717) is 5.92 Å². The van der Waals surface area contributed by atoms with Crippen molar-refractivity contribution in [3.63, 3.8) is 0 Å². The molecule has 1 amide bonds. The van der Waals surface area contributed by atoms with Crippen LogP contribution in [0, 0.1) is 5.82 Å². The summed E-state index contributed by atoms with van der Waals surface area (Å²) in [6.45, 7) is 3.20. The molecule has 1 aliphatic heterocycles. The number of hydrogen-bond acceptors (Lipinski definition) is 3. The Morgan fingerprint density at radius 2 is 2.16 bits per heavy atom. The molecule has 0 spiro atoms. The van der Waals surface area contributed by atoms with E-state index in [1.165, 1.54) is 12.1 Å². The SMILES string of the molecule is CC(=O)N1CCC(c2nc3cc(F)ccc3s2)CC1. The average Bonchev–Trinajstić information content (AvgIpc) is 2.81. The Kier molecular flexibility index (Phi) is 3.22. The molecule has 0 atom stereocenters. The van der Waals surface area contributed by atoms with Gasteiger partial charge in [-0.1, -0.05) is 0 Å². The third-order valence-electron chi connectivity index (χ3n) is 3.66. The number of thiazole rings is 1. The number of carbonyl (C=O) groups excluding carboxylic acids is 1. The summed E-state index contributed by atoms with van der Waals surface area (Å²) in [5.74, 6) is 0.302. The fraction of sp³-hybridized carbons (Fsp3) is 0.429. The van der Waals surface area contributed by atoms with Crippen molar-refractivity contribution < 1.29 is 9.18 Å². The Labute approximate surface area is 115 Å². The smallest absolute Gasteiger partial charge is 0.219 e. The minimum Gasteiger partial charge on any atom is -0.343 e. The lowest BCUT2D eigenvalue weighted by molar-refractivity contribution is -0.129. The summed E-state index contributed by atoms with van der Waals surface area (Å²) in [5.41, 5.74) is 0.744. The van der Waals surface area contributed by atoms with E-state index in [1.807, 2.05) is 4.90 Å². The molecule has 0 radical (unpaired) electrons. The van der Waals surface area contributed by atoms with Crippen LogP contribution in [0.5, 0.6) is 0 Å². The molecule has 1 aromatic heterocycles. The number of aromatic nitrogens is 1. The molecule has 3 nitrogen and oxygen atoms in total. The van der Waals surface area contributed by atoms with Crippen LogP contribution < -0.4 is 0 Å². The molecule has 0 bridgehead atoms. The Bertz CT molecular complexity index is 617. The van der Waals surface area contributed by atoms with E-state index in [4.69, 9.17) is 0 Å². The number of carbonyl (C=O) groups is 1. The summed E-state index contributed by atoms with van der Waals surface area (Å²) in [5, 5.41) is 1.07. The third-order valence-corrected chi connectivity index (χ3v) is 4.85. The van der Waals surface area contributed by atoms with Gasteiger partial charge in [-0.15, -0.1) is 11.3 Å².